The molecule has 6 rings (SSSR count). The number of aryl methyl sites for hydroxylation is 1. The molecule has 2 aromatic heterocycles. The van der Waals surface area contributed by atoms with Crippen LogP contribution in [-0.4, -0.2) is 46.2 Å². The van der Waals surface area contributed by atoms with Crippen LogP contribution in [0.2, 0.25) is 0 Å². The molecule has 4 heterocycles. The number of aromatic nitrogens is 2. The Hall–Kier alpha value is -2.40. The Morgan fingerprint density at radius 3 is 2.70 bits per heavy atom. The van der Waals surface area contributed by atoms with E-state index in [0.717, 1.165) is 48.2 Å². The summed E-state index contributed by atoms with van der Waals surface area (Å²) in [6, 6.07) is 6.82. The summed E-state index contributed by atoms with van der Waals surface area (Å²) in [5, 5.41) is 1.07. The lowest BCUT2D eigenvalue weighted by atomic mass is 9.75. The Morgan fingerprint density at radius 1 is 1.06 bits per heavy atom. The van der Waals surface area contributed by atoms with Crippen molar-refractivity contribution in [1.29, 1.82) is 0 Å². The van der Waals surface area contributed by atoms with Gasteiger partial charge in [-0.05, 0) is 67.7 Å². The van der Waals surface area contributed by atoms with Crippen molar-refractivity contribution in [3.8, 4) is 0 Å². The second-order valence-electron chi connectivity index (χ2n) is 11.0. The van der Waals surface area contributed by atoms with Crippen molar-refractivity contribution in [3.63, 3.8) is 0 Å². The maximum absolute atomic E-state index is 12.7. The molecule has 4 aliphatic rings. The summed E-state index contributed by atoms with van der Waals surface area (Å²) in [4.78, 5) is 22.4. The van der Waals surface area contributed by atoms with Crippen molar-refractivity contribution in [3.05, 3.63) is 57.5 Å². The molecule has 2 unspecified atom stereocenters. The van der Waals surface area contributed by atoms with Crippen molar-refractivity contribution in [2.75, 3.05) is 24.5 Å². The fourth-order valence-electron chi connectivity index (χ4n) is 6.92. The molecule has 33 heavy (non-hydrogen) atoms. The lowest BCUT2D eigenvalue weighted by Crippen LogP contribution is -2.56. The van der Waals surface area contributed by atoms with Gasteiger partial charge in [-0.1, -0.05) is 31.4 Å². The molecule has 5 heteroatoms. The minimum Gasteiger partial charge on any atom is -0.367 e. The lowest BCUT2D eigenvalue weighted by Gasteiger charge is -2.44. The van der Waals surface area contributed by atoms with E-state index < -0.39 is 0 Å². The first-order valence-electron chi connectivity index (χ1n) is 12.9. The molecule has 2 aliphatic heterocycles. The number of allylic oxidation sites excluding steroid dienone is 1. The van der Waals surface area contributed by atoms with Crippen molar-refractivity contribution in [1.82, 2.24) is 14.5 Å². The maximum atomic E-state index is 12.7. The number of hydrogen-bond donors (Lipinski definition) is 0. The van der Waals surface area contributed by atoms with Gasteiger partial charge in [0.05, 0.1) is 5.69 Å². The lowest BCUT2D eigenvalue weighted by molar-refractivity contribution is 0.173. The SMILES string of the molecule is CC1CCC(C2=CC3=C(CC2)C2CN(c4cc(=O)n(C)c5ncccc45)CC(C)N2C3)CC1. The number of anilines is 1. The van der Waals surface area contributed by atoms with Gasteiger partial charge in [-0.15, -0.1) is 0 Å². The van der Waals surface area contributed by atoms with Gasteiger partial charge < -0.3 is 4.90 Å². The zero-order valence-electron chi connectivity index (χ0n) is 20.3. The van der Waals surface area contributed by atoms with Crippen molar-refractivity contribution < 1.29 is 0 Å². The van der Waals surface area contributed by atoms with Crippen LogP contribution in [0.5, 0.6) is 0 Å². The molecule has 0 radical (unpaired) electrons. The van der Waals surface area contributed by atoms with Crippen LogP contribution in [0.25, 0.3) is 11.0 Å². The second kappa shape index (κ2) is 8.12. The van der Waals surface area contributed by atoms with Gasteiger partial charge in [-0.2, -0.15) is 0 Å². The normalized spacial score (nSPS) is 30.4. The maximum Gasteiger partial charge on any atom is 0.253 e. The number of hydrogen-bond acceptors (Lipinski definition) is 4. The molecular weight excluding hydrogens is 408 g/mol. The molecule has 2 atom stereocenters. The van der Waals surface area contributed by atoms with Crippen LogP contribution in [0.3, 0.4) is 0 Å². The number of fused-ring (bicyclic) bond motifs is 3. The Kier molecular flexibility index (Phi) is 5.21. The molecule has 2 fully saturated rings. The third-order valence-corrected chi connectivity index (χ3v) is 8.91. The van der Waals surface area contributed by atoms with E-state index in [2.05, 4.69) is 40.8 Å². The fourth-order valence-corrected chi connectivity index (χ4v) is 6.92. The summed E-state index contributed by atoms with van der Waals surface area (Å²) < 4.78 is 1.66. The van der Waals surface area contributed by atoms with E-state index in [1.165, 1.54) is 38.5 Å². The first-order chi connectivity index (χ1) is 16.0. The summed E-state index contributed by atoms with van der Waals surface area (Å²) in [6.45, 7) is 7.78. The van der Waals surface area contributed by atoms with E-state index in [1.807, 2.05) is 19.2 Å². The standard InChI is InChI=1S/C28H36N4O/c1-18-6-8-20(9-7-18)21-10-11-23-22(13-21)16-32-19(2)15-31(17-26(23)32)25-14-27(33)30(3)28-24(25)5-4-12-29-28/h4-5,12-14,18-20,26H,6-11,15-17H2,1-3H3. The van der Waals surface area contributed by atoms with Crippen LogP contribution in [0, 0.1) is 11.8 Å². The highest BCUT2D eigenvalue weighted by molar-refractivity contribution is 5.89. The van der Waals surface area contributed by atoms with Crippen LogP contribution in [0.4, 0.5) is 5.69 Å². The molecule has 0 bridgehead atoms. The summed E-state index contributed by atoms with van der Waals surface area (Å²) in [6.07, 6.45) is 12.4. The van der Waals surface area contributed by atoms with Gasteiger partial charge in [-0.25, -0.2) is 4.98 Å². The monoisotopic (exact) mass is 444 g/mol. The van der Waals surface area contributed by atoms with Gasteiger partial charge in [0, 0.05) is 56.4 Å². The highest BCUT2D eigenvalue weighted by Gasteiger charge is 2.41. The Labute approximate surface area is 196 Å². The molecule has 2 aromatic rings. The minimum absolute atomic E-state index is 0.0182. The van der Waals surface area contributed by atoms with Crippen LogP contribution >= 0.6 is 0 Å². The van der Waals surface area contributed by atoms with Gasteiger partial charge in [-0.3, -0.25) is 14.3 Å². The molecule has 5 nitrogen and oxygen atoms in total. The van der Waals surface area contributed by atoms with Gasteiger partial charge in [0.25, 0.3) is 5.56 Å². The third kappa shape index (κ3) is 3.56. The van der Waals surface area contributed by atoms with Crippen molar-refractivity contribution in [2.24, 2.45) is 18.9 Å². The minimum atomic E-state index is 0.0182. The number of piperazine rings is 1. The highest BCUT2D eigenvalue weighted by atomic mass is 16.1. The highest BCUT2D eigenvalue weighted by Crippen LogP contribution is 2.43. The smallest absolute Gasteiger partial charge is 0.253 e. The Balaban J connectivity index is 1.31. The van der Waals surface area contributed by atoms with Gasteiger partial charge >= 0.3 is 0 Å². The molecule has 0 amide bonds. The first-order valence-corrected chi connectivity index (χ1v) is 12.9. The zero-order chi connectivity index (χ0) is 22.7. The molecule has 1 saturated heterocycles. The summed E-state index contributed by atoms with van der Waals surface area (Å²) >= 11 is 0. The predicted molar refractivity (Wildman–Crippen MR) is 135 cm³/mol. The molecular formula is C28H36N4O. The Bertz CT molecular complexity index is 1200. The van der Waals surface area contributed by atoms with E-state index in [-0.39, 0.29) is 5.56 Å². The van der Waals surface area contributed by atoms with Crippen molar-refractivity contribution in [2.45, 2.75) is 64.5 Å². The quantitative estimate of drug-likeness (QED) is 0.675. The predicted octanol–water partition coefficient (Wildman–Crippen LogP) is 4.67. The second-order valence-corrected chi connectivity index (χ2v) is 11.0. The number of nitrogens with zero attached hydrogens (tertiary/aromatic N) is 4. The van der Waals surface area contributed by atoms with E-state index in [1.54, 1.807) is 27.5 Å². The van der Waals surface area contributed by atoms with Crippen LogP contribution < -0.4 is 10.5 Å². The van der Waals surface area contributed by atoms with Crippen LogP contribution in [0.1, 0.15) is 52.4 Å². The molecule has 0 spiro atoms. The molecule has 0 N–H and O–H groups in total. The molecule has 1 saturated carbocycles. The topological polar surface area (TPSA) is 41.4 Å². The van der Waals surface area contributed by atoms with Crippen LogP contribution in [-0.2, 0) is 7.05 Å². The average molecular weight is 445 g/mol. The molecule has 0 aromatic carbocycles. The summed E-state index contributed by atoms with van der Waals surface area (Å²) in [5.41, 5.74) is 6.83. The Morgan fingerprint density at radius 2 is 1.88 bits per heavy atom. The third-order valence-electron chi connectivity index (χ3n) is 8.91. The number of rotatable bonds is 2. The zero-order valence-corrected chi connectivity index (χ0v) is 20.3. The largest absolute Gasteiger partial charge is 0.367 e. The van der Waals surface area contributed by atoms with E-state index in [0.29, 0.717) is 12.1 Å². The van der Waals surface area contributed by atoms with E-state index in [4.69, 9.17) is 0 Å². The molecule has 2 aliphatic carbocycles. The van der Waals surface area contributed by atoms with Gasteiger partial charge in [0.15, 0.2) is 0 Å². The number of pyridine rings is 2. The van der Waals surface area contributed by atoms with Gasteiger partial charge in [0.1, 0.15) is 5.65 Å². The first kappa shape index (κ1) is 21.2. The van der Waals surface area contributed by atoms with E-state index >= 15 is 0 Å². The van der Waals surface area contributed by atoms with Crippen molar-refractivity contribution >= 4 is 16.7 Å². The van der Waals surface area contributed by atoms with E-state index in [9.17, 15) is 4.79 Å². The molecule has 174 valence electrons. The van der Waals surface area contributed by atoms with Crippen LogP contribution in [0.15, 0.2) is 52.0 Å². The summed E-state index contributed by atoms with van der Waals surface area (Å²) in [5.74, 6) is 1.73. The average Bonchev–Trinajstić information content (AvgIpc) is 3.20. The summed E-state index contributed by atoms with van der Waals surface area (Å²) in [7, 11) is 1.81. The van der Waals surface area contributed by atoms with Gasteiger partial charge in [0.2, 0.25) is 0 Å². The fraction of sp³-hybridized carbons (Fsp3) is 0.571.